The van der Waals surface area contributed by atoms with Crippen LogP contribution in [0.4, 0.5) is 8.78 Å². The van der Waals surface area contributed by atoms with Gasteiger partial charge in [0, 0.05) is 38.2 Å². The Morgan fingerprint density at radius 2 is 1.90 bits per heavy atom. The van der Waals surface area contributed by atoms with Gasteiger partial charge < -0.3 is 10.2 Å². The highest BCUT2D eigenvalue weighted by atomic mass is 19.1. The molecule has 1 N–H and O–H groups in total. The minimum Gasteiger partial charge on any atom is -0.341 e. The minimum absolute atomic E-state index is 0.0506. The van der Waals surface area contributed by atoms with Crippen molar-refractivity contribution in [3.05, 3.63) is 35.4 Å². The Bertz CT molecular complexity index is 445. The van der Waals surface area contributed by atoms with E-state index in [1.165, 1.54) is 18.2 Å². The molecule has 0 bridgehead atoms. The molecule has 0 radical (unpaired) electrons. The topological polar surface area (TPSA) is 32.3 Å². The first-order chi connectivity index (χ1) is 9.68. The van der Waals surface area contributed by atoms with Gasteiger partial charge in [-0.1, -0.05) is 12.5 Å². The lowest BCUT2D eigenvalue weighted by Gasteiger charge is -2.20. The number of likely N-dealkylation sites (tertiary alicyclic amines) is 1. The highest BCUT2D eigenvalue weighted by Gasteiger charge is 2.15. The number of carbonyl (C=O) groups excluding carboxylic acids is 1. The molecule has 1 fully saturated rings. The fourth-order valence-electron chi connectivity index (χ4n) is 2.40. The summed E-state index contributed by atoms with van der Waals surface area (Å²) < 4.78 is 26.8. The predicted octanol–water partition coefficient (Wildman–Crippen LogP) is 2.46. The van der Waals surface area contributed by atoms with E-state index >= 15 is 0 Å². The summed E-state index contributed by atoms with van der Waals surface area (Å²) in [5.74, 6) is -0.895. The summed E-state index contributed by atoms with van der Waals surface area (Å²) in [4.78, 5) is 13.6. The van der Waals surface area contributed by atoms with Gasteiger partial charge in [0.15, 0.2) is 0 Å². The molecule has 1 saturated heterocycles. The van der Waals surface area contributed by atoms with Crippen molar-refractivity contribution in [3.63, 3.8) is 0 Å². The molecule has 1 aromatic carbocycles. The van der Waals surface area contributed by atoms with Crippen LogP contribution in [0.1, 0.15) is 31.2 Å². The van der Waals surface area contributed by atoms with Gasteiger partial charge in [0.1, 0.15) is 11.6 Å². The number of nitrogens with zero attached hydrogens (tertiary/aromatic N) is 1. The first-order valence-electron chi connectivity index (χ1n) is 7.10. The van der Waals surface area contributed by atoms with Gasteiger partial charge in [-0.05, 0) is 25.0 Å². The monoisotopic (exact) mass is 282 g/mol. The quantitative estimate of drug-likeness (QED) is 0.841. The van der Waals surface area contributed by atoms with Crippen LogP contribution in [-0.4, -0.2) is 30.4 Å². The first-order valence-corrected chi connectivity index (χ1v) is 7.10. The van der Waals surface area contributed by atoms with E-state index in [0.717, 1.165) is 25.8 Å². The molecule has 0 saturated carbocycles. The van der Waals surface area contributed by atoms with Crippen molar-refractivity contribution < 1.29 is 13.6 Å². The van der Waals surface area contributed by atoms with E-state index in [0.29, 0.717) is 19.5 Å². The maximum absolute atomic E-state index is 13.4. The second-order valence-electron chi connectivity index (χ2n) is 5.07. The highest BCUT2D eigenvalue weighted by molar-refractivity contribution is 5.76. The van der Waals surface area contributed by atoms with Crippen molar-refractivity contribution in [2.45, 2.75) is 32.2 Å². The Hall–Kier alpha value is -1.49. The molecule has 3 nitrogen and oxygen atoms in total. The zero-order valence-corrected chi connectivity index (χ0v) is 11.5. The van der Waals surface area contributed by atoms with E-state index in [2.05, 4.69) is 5.32 Å². The molecule has 0 atom stereocenters. The molecule has 20 heavy (non-hydrogen) atoms. The predicted molar refractivity (Wildman–Crippen MR) is 73.1 cm³/mol. The second-order valence-corrected chi connectivity index (χ2v) is 5.07. The van der Waals surface area contributed by atoms with Gasteiger partial charge in [0.25, 0.3) is 0 Å². The molecule has 1 aromatic rings. The third-order valence-electron chi connectivity index (χ3n) is 3.59. The minimum atomic E-state index is -0.539. The molecule has 1 heterocycles. The van der Waals surface area contributed by atoms with Crippen LogP contribution in [0.5, 0.6) is 0 Å². The van der Waals surface area contributed by atoms with Crippen LogP contribution in [-0.2, 0) is 11.3 Å². The molecule has 0 aliphatic carbocycles. The zero-order chi connectivity index (χ0) is 14.4. The number of benzene rings is 1. The van der Waals surface area contributed by atoms with E-state index in [9.17, 15) is 13.6 Å². The fourth-order valence-corrected chi connectivity index (χ4v) is 2.40. The summed E-state index contributed by atoms with van der Waals surface area (Å²) >= 11 is 0. The largest absolute Gasteiger partial charge is 0.341 e. The Balaban J connectivity index is 1.77. The Labute approximate surface area is 118 Å². The molecule has 0 unspecified atom stereocenters. The lowest BCUT2D eigenvalue weighted by atomic mass is 10.2. The van der Waals surface area contributed by atoms with Crippen LogP contribution in [0.25, 0.3) is 0 Å². The van der Waals surface area contributed by atoms with E-state index < -0.39 is 11.6 Å². The van der Waals surface area contributed by atoms with Crippen LogP contribution in [0.2, 0.25) is 0 Å². The van der Waals surface area contributed by atoms with Gasteiger partial charge in [0.2, 0.25) is 5.91 Å². The summed E-state index contributed by atoms with van der Waals surface area (Å²) in [5, 5.41) is 3.00. The number of carbonyl (C=O) groups is 1. The fraction of sp³-hybridized carbons (Fsp3) is 0.533. The smallest absolute Gasteiger partial charge is 0.222 e. The molecule has 1 amide bonds. The number of nitrogens with one attached hydrogen (secondary N) is 1. The van der Waals surface area contributed by atoms with Crippen LogP contribution >= 0.6 is 0 Å². The van der Waals surface area contributed by atoms with E-state index in [-0.39, 0.29) is 18.0 Å². The number of rotatable bonds is 5. The summed E-state index contributed by atoms with van der Waals surface area (Å²) in [6, 6.07) is 3.85. The number of hydrogen-bond acceptors (Lipinski definition) is 2. The average molecular weight is 282 g/mol. The van der Waals surface area contributed by atoms with Gasteiger partial charge in [-0.3, -0.25) is 4.79 Å². The van der Waals surface area contributed by atoms with Crippen LogP contribution in [0.3, 0.4) is 0 Å². The zero-order valence-electron chi connectivity index (χ0n) is 11.5. The Morgan fingerprint density at radius 1 is 1.15 bits per heavy atom. The third-order valence-corrected chi connectivity index (χ3v) is 3.59. The number of amides is 1. The van der Waals surface area contributed by atoms with E-state index in [1.807, 2.05) is 4.90 Å². The van der Waals surface area contributed by atoms with Crippen LogP contribution in [0, 0.1) is 11.6 Å². The summed E-state index contributed by atoms with van der Waals surface area (Å²) in [6.45, 7) is 2.06. The molecule has 0 spiro atoms. The summed E-state index contributed by atoms with van der Waals surface area (Å²) in [5.41, 5.74) is 0.0506. The normalized spacial score (nSPS) is 16.3. The second kappa shape index (κ2) is 7.33. The molecule has 1 aliphatic heterocycles. The van der Waals surface area contributed by atoms with Crippen molar-refractivity contribution in [2.24, 2.45) is 0 Å². The number of hydrogen-bond donors (Lipinski definition) is 1. The third kappa shape index (κ3) is 4.00. The van der Waals surface area contributed by atoms with E-state index in [4.69, 9.17) is 0 Å². The molecule has 110 valence electrons. The van der Waals surface area contributed by atoms with Crippen molar-refractivity contribution >= 4 is 5.91 Å². The van der Waals surface area contributed by atoms with Crippen LogP contribution in [0.15, 0.2) is 18.2 Å². The van der Waals surface area contributed by atoms with Gasteiger partial charge in [-0.15, -0.1) is 0 Å². The van der Waals surface area contributed by atoms with E-state index in [1.54, 1.807) is 0 Å². The number of halogens is 2. The Morgan fingerprint density at radius 3 is 2.65 bits per heavy atom. The molecule has 2 rings (SSSR count). The summed E-state index contributed by atoms with van der Waals surface area (Å²) in [7, 11) is 0. The molecule has 0 aromatic heterocycles. The van der Waals surface area contributed by atoms with Gasteiger partial charge in [-0.25, -0.2) is 8.78 Å². The summed E-state index contributed by atoms with van der Waals surface area (Å²) in [6.07, 6.45) is 3.70. The van der Waals surface area contributed by atoms with Gasteiger partial charge in [0.05, 0.1) is 0 Å². The van der Waals surface area contributed by atoms with Gasteiger partial charge in [-0.2, -0.15) is 0 Å². The highest BCUT2D eigenvalue weighted by Crippen LogP contribution is 2.12. The average Bonchev–Trinajstić information content (AvgIpc) is 2.62. The van der Waals surface area contributed by atoms with Gasteiger partial charge >= 0.3 is 0 Å². The lowest BCUT2D eigenvalue weighted by molar-refractivity contribution is -0.130. The Kier molecular flexibility index (Phi) is 5.47. The molecular formula is C15H20F2N2O. The van der Waals surface area contributed by atoms with Crippen molar-refractivity contribution in [2.75, 3.05) is 19.6 Å². The molecular weight excluding hydrogens is 262 g/mol. The SMILES string of the molecule is O=C1CCCCCN1CCNCc1c(F)cccc1F. The molecule has 1 aliphatic rings. The van der Waals surface area contributed by atoms with Crippen LogP contribution < -0.4 is 5.32 Å². The standard InChI is InChI=1S/C15H20F2N2O/c16-13-5-4-6-14(17)12(13)11-18-8-10-19-9-3-1-2-7-15(19)20/h4-6,18H,1-3,7-11H2. The molecule has 5 heteroatoms. The van der Waals surface area contributed by atoms with Crippen molar-refractivity contribution in [3.8, 4) is 0 Å². The maximum Gasteiger partial charge on any atom is 0.222 e. The van der Waals surface area contributed by atoms with Crippen molar-refractivity contribution in [1.29, 1.82) is 0 Å². The van der Waals surface area contributed by atoms with Crippen molar-refractivity contribution in [1.82, 2.24) is 10.2 Å². The first kappa shape index (κ1) is 14.9. The maximum atomic E-state index is 13.4. The lowest BCUT2D eigenvalue weighted by Crippen LogP contribution is -2.36.